The summed E-state index contributed by atoms with van der Waals surface area (Å²) >= 11 is 0. The summed E-state index contributed by atoms with van der Waals surface area (Å²) in [5.41, 5.74) is 2.84. The van der Waals surface area contributed by atoms with E-state index in [0.29, 0.717) is 13.0 Å². The van der Waals surface area contributed by atoms with Gasteiger partial charge in [-0.2, -0.15) is 5.10 Å². The first-order chi connectivity index (χ1) is 11.6. The van der Waals surface area contributed by atoms with Crippen LogP contribution in [0, 0.1) is 13.8 Å². The van der Waals surface area contributed by atoms with E-state index in [2.05, 4.69) is 5.10 Å². The van der Waals surface area contributed by atoms with Crippen molar-refractivity contribution in [1.82, 2.24) is 19.6 Å². The van der Waals surface area contributed by atoms with Gasteiger partial charge in [0.2, 0.25) is 5.91 Å². The van der Waals surface area contributed by atoms with Gasteiger partial charge >= 0.3 is 0 Å². The van der Waals surface area contributed by atoms with Crippen LogP contribution in [0.15, 0.2) is 0 Å². The summed E-state index contributed by atoms with van der Waals surface area (Å²) in [6.07, 6.45) is 0.562. The summed E-state index contributed by atoms with van der Waals surface area (Å²) in [6, 6.07) is -0.119. The molecule has 1 aliphatic heterocycles. The van der Waals surface area contributed by atoms with Crippen molar-refractivity contribution in [1.29, 1.82) is 0 Å². The molecule has 0 saturated carbocycles. The second kappa shape index (κ2) is 7.84. The molecule has 1 amide bonds. The standard InChI is InChI=1S/C16H28N4O4S/c1-12-15(13(2)19(4)17-12)9-20(6-7-21)16(22)10-18(3)14-5-8-25(23,24)11-14/h14,21H,5-11H2,1-4H3/t14-/m1/s1. The van der Waals surface area contributed by atoms with Crippen LogP contribution in [-0.2, 0) is 28.2 Å². The monoisotopic (exact) mass is 372 g/mol. The van der Waals surface area contributed by atoms with Crippen molar-refractivity contribution < 1.29 is 18.3 Å². The summed E-state index contributed by atoms with van der Waals surface area (Å²) in [5, 5.41) is 13.7. The average Bonchev–Trinajstić information content (AvgIpc) is 3.00. The molecule has 1 aliphatic rings. The zero-order valence-electron chi connectivity index (χ0n) is 15.4. The lowest BCUT2D eigenvalue weighted by Gasteiger charge is -2.27. The van der Waals surface area contributed by atoms with Gasteiger partial charge in [0.05, 0.1) is 30.4 Å². The zero-order valence-corrected chi connectivity index (χ0v) is 16.2. The fourth-order valence-electron chi connectivity index (χ4n) is 3.22. The Balaban J connectivity index is 2.05. The Morgan fingerprint density at radius 2 is 2.08 bits per heavy atom. The van der Waals surface area contributed by atoms with Crippen LogP contribution in [0.4, 0.5) is 0 Å². The number of aryl methyl sites for hydroxylation is 2. The van der Waals surface area contributed by atoms with E-state index in [-0.39, 0.29) is 43.2 Å². The molecule has 1 fully saturated rings. The summed E-state index contributed by atoms with van der Waals surface area (Å²) in [5.74, 6) is 0.172. The van der Waals surface area contributed by atoms with E-state index in [1.807, 2.05) is 20.9 Å². The van der Waals surface area contributed by atoms with Crippen molar-refractivity contribution >= 4 is 15.7 Å². The first-order valence-electron chi connectivity index (χ1n) is 8.43. The van der Waals surface area contributed by atoms with Crippen LogP contribution >= 0.6 is 0 Å². The highest BCUT2D eigenvalue weighted by Crippen LogP contribution is 2.18. The molecule has 0 spiro atoms. The van der Waals surface area contributed by atoms with Crippen molar-refractivity contribution in [3.63, 3.8) is 0 Å². The Morgan fingerprint density at radius 1 is 1.40 bits per heavy atom. The van der Waals surface area contributed by atoms with Crippen LogP contribution < -0.4 is 0 Å². The maximum atomic E-state index is 12.7. The molecule has 8 nitrogen and oxygen atoms in total. The highest BCUT2D eigenvalue weighted by Gasteiger charge is 2.32. The SMILES string of the molecule is Cc1nn(C)c(C)c1CN(CCO)C(=O)CN(C)[C@@H]1CCS(=O)(=O)C1. The molecule has 25 heavy (non-hydrogen) atoms. The number of nitrogens with zero attached hydrogens (tertiary/aromatic N) is 4. The minimum atomic E-state index is -2.98. The van der Waals surface area contributed by atoms with Crippen LogP contribution in [0.3, 0.4) is 0 Å². The molecule has 0 aromatic carbocycles. The fraction of sp³-hybridized carbons (Fsp3) is 0.750. The van der Waals surface area contributed by atoms with Gasteiger partial charge in [0.1, 0.15) is 0 Å². The first-order valence-corrected chi connectivity index (χ1v) is 10.2. The number of aliphatic hydroxyl groups excluding tert-OH is 1. The highest BCUT2D eigenvalue weighted by atomic mass is 32.2. The molecule has 0 aliphatic carbocycles. The second-order valence-electron chi connectivity index (χ2n) is 6.78. The van der Waals surface area contributed by atoms with Crippen LogP contribution in [0.2, 0.25) is 0 Å². The van der Waals surface area contributed by atoms with Crippen LogP contribution in [0.25, 0.3) is 0 Å². The Kier molecular flexibility index (Phi) is 6.23. The Bertz CT molecular complexity index is 729. The van der Waals surface area contributed by atoms with Crippen molar-refractivity contribution in [2.75, 3.05) is 38.2 Å². The second-order valence-corrected chi connectivity index (χ2v) is 9.01. The normalized spacial score (nSPS) is 19.5. The number of hydrogen-bond acceptors (Lipinski definition) is 6. The van der Waals surface area contributed by atoms with E-state index >= 15 is 0 Å². The van der Waals surface area contributed by atoms with Crippen LogP contribution in [-0.4, -0.2) is 83.3 Å². The van der Waals surface area contributed by atoms with Gasteiger partial charge < -0.3 is 10.0 Å². The third-order valence-electron chi connectivity index (χ3n) is 4.95. The van der Waals surface area contributed by atoms with Crippen molar-refractivity contribution in [3.8, 4) is 0 Å². The molecular formula is C16H28N4O4S. The van der Waals surface area contributed by atoms with Gasteiger partial charge in [-0.3, -0.25) is 14.4 Å². The average molecular weight is 372 g/mol. The molecular weight excluding hydrogens is 344 g/mol. The molecule has 1 atom stereocenters. The van der Waals surface area contributed by atoms with E-state index in [9.17, 15) is 18.3 Å². The van der Waals surface area contributed by atoms with Gasteiger partial charge in [-0.05, 0) is 27.3 Å². The molecule has 0 bridgehead atoms. The van der Waals surface area contributed by atoms with Crippen molar-refractivity contribution in [2.45, 2.75) is 32.9 Å². The Hall–Kier alpha value is -1.45. The lowest BCUT2D eigenvalue weighted by Crippen LogP contribution is -2.44. The number of likely N-dealkylation sites (N-methyl/N-ethyl adjacent to an activating group) is 1. The number of amides is 1. The topological polar surface area (TPSA) is 95.7 Å². The van der Waals surface area contributed by atoms with Crippen LogP contribution in [0.1, 0.15) is 23.4 Å². The first kappa shape index (κ1) is 19.9. The minimum absolute atomic E-state index is 0.109. The van der Waals surface area contributed by atoms with Gasteiger partial charge in [-0.15, -0.1) is 0 Å². The molecule has 2 rings (SSSR count). The van der Waals surface area contributed by atoms with Gasteiger partial charge in [0, 0.05) is 37.4 Å². The largest absolute Gasteiger partial charge is 0.395 e. The maximum absolute atomic E-state index is 12.7. The van der Waals surface area contributed by atoms with Gasteiger partial charge in [0.25, 0.3) is 0 Å². The maximum Gasteiger partial charge on any atom is 0.237 e. The van der Waals surface area contributed by atoms with E-state index in [1.54, 1.807) is 21.5 Å². The summed E-state index contributed by atoms with van der Waals surface area (Å²) in [4.78, 5) is 16.1. The Labute approximate surface area is 149 Å². The molecule has 1 aromatic rings. The molecule has 1 N–H and O–H groups in total. The fourth-order valence-corrected chi connectivity index (χ4v) is 5.02. The molecule has 1 saturated heterocycles. The van der Waals surface area contributed by atoms with Crippen LogP contribution in [0.5, 0.6) is 0 Å². The lowest BCUT2D eigenvalue weighted by atomic mass is 10.1. The van der Waals surface area contributed by atoms with E-state index in [4.69, 9.17) is 0 Å². The third kappa shape index (κ3) is 4.80. The molecule has 2 heterocycles. The highest BCUT2D eigenvalue weighted by molar-refractivity contribution is 7.91. The third-order valence-corrected chi connectivity index (χ3v) is 6.70. The molecule has 0 unspecified atom stereocenters. The van der Waals surface area contributed by atoms with Gasteiger partial charge in [0.15, 0.2) is 9.84 Å². The number of hydrogen-bond donors (Lipinski definition) is 1. The van der Waals surface area contributed by atoms with Gasteiger partial charge in [-0.25, -0.2) is 8.42 Å². The predicted molar refractivity (Wildman–Crippen MR) is 94.9 cm³/mol. The van der Waals surface area contributed by atoms with E-state index in [1.165, 1.54) is 0 Å². The number of rotatable bonds is 7. The number of carbonyl (C=O) groups is 1. The number of sulfone groups is 1. The quantitative estimate of drug-likeness (QED) is 0.692. The Morgan fingerprint density at radius 3 is 2.56 bits per heavy atom. The summed E-state index contributed by atoms with van der Waals surface area (Å²) < 4.78 is 25.0. The van der Waals surface area contributed by atoms with Gasteiger partial charge in [-0.1, -0.05) is 0 Å². The molecule has 0 radical (unpaired) electrons. The molecule has 142 valence electrons. The molecule has 9 heteroatoms. The van der Waals surface area contributed by atoms with Crippen molar-refractivity contribution in [2.24, 2.45) is 7.05 Å². The molecule has 1 aromatic heterocycles. The van der Waals surface area contributed by atoms with Crippen molar-refractivity contribution in [3.05, 3.63) is 17.0 Å². The zero-order chi connectivity index (χ0) is 18.8. The summed E-state index contributed by atoms with van der Waals surface area (Å²) in [6.45, 7) is 4.50. The number of aliphatic hydroxyl groups is 1. The van der Waals surface area contributed by atoms with E-state index < -0.39 is 9.84 Å². The lowest BCUT2D eigenvalue weighted by molar-refractivity contribution is -0.133. The number of aromatic nitrogens is 2. The smallest absolute Gasteiger partial charge is 0.237 e. The number of carbonyl (C=O) groups excluding carboxylic acids is 1. The van der Waals surface area contributed by atoms with E-state index in [0.717, 1.165) is 17.0 Å². The summed E-state index contributed by atoms with van der Waals surface area (Å²) in [7, 11) is 0.657. The predicted octanol–water partition coefficient (Wildman–Crippen LogP) is -0.523. The minimum Gasteiger partial charge on any atom is -0.395 e.